The third-order valence-electron chi connectivity index (χ3n) is 2.37. The smallest absolute Gasteiger partial charge is 0.110 e. The monoisotopic (exact) mass is 179 g/mol. The van der Waals surface area contributed by atoms with Crippen LogP contribution in [0.25, 0.3) is 0 Å². The molecule has 2 heteroatoms. The van der Waals surface area contributed by atoms with Crippen LogP contribution in [0.5, 0.6) is 0 Å². The molecule has 72 valence electrons. The van der Waals surface area contributed by atoms with Crippen molar-refractivity contribution in [2.75, 3.05) is 5.73 Å². The lowest BCUT2D eigenvalue weighted by atomic mass is 9.98. The number of nitrogen functional groups attached to an aromatic ring is 1. The minimum Gasteiger partial charge on any atom is -0.399 e. The van der Waals surface area contributed by atoms with Crippen molar-refractivity contribution >= 4 is 5.69 Å². The molecule has 0 heterocycles. The summed E-state index contributed by atoms with van der Waals surface area (Å²) in [5.74, 6) is 0. The van der Waals surface area contributed by atoms with Gasteiger partial charge in [-0.2, -0.15) is 0 Å². The molecule has 0 bridgehead atoms. The van der Waals surface area contributed by atoms with Crippen LogP contribution in [0.15, 0.2) is 18.2 Å². The van der Waals surface area contributed by atoms with Gasteiger partial charge in [-0.05, 0) is 24.6 Å². The van der Waals surface area contributed by atoms with Crippen molar-refractivity contribution in [3.05, 3.63) is 29.3 Å². The van der Waals surface area contributed by atoms with E-state index in [9.17, 15) is 0 Å². The summed E-state index contributed by atoms with van der Waals surface area (Å²) < 4.78 is 0. The molecule has 13 heavy (non-hydrogen) atoms. The normalized spacial score (nSPS) is 12.8. The van der Waals surface area contributed by atoms with E-state index in [4.69, 9.17) is 5.73 Å². The number of hydrogen-bond acceptors (Lipinski definition) is 1. The quantitative estimate of drug-likeness (QED) is 0.681. The Kier molecular flexibility index (Phi) is 3.32. The van der Waals surface area contributed by atoms with Gasteiger partial charge in [-0.15, -0.1) is 0 Å². The van der Waals surface area contributed by atoms with Crippen LogP contribution in [0.1, 0.15) is 36.9 Å². The highest BCUT2D eigenvalue weighted by atomic mass is 14.6. The largest absolute Gasteiger partial charge is 0.399 e. The molecule has 2 nitrogen and oxygen atoms in total. The molecular weight excluding hydrogens is 160 g/mol. The third kappa shape index (κ3) is 2.46. The second-order valence-corrected chi connectivity index (χ2v) is 3.60. The maximum Gasteiger partial charge on any atom is 0.110 e. The molecule has 0 fully saturated rings. The molecule has 1 aromatic rings. The maximum atomic E-state index is 5.68. The van der Waals surface area contributed by atoms with Gasteiger partial charge < -0.3 is 11.5 Å². The Morgan fingerprint density at radius 3 is 2.69 bits per heavy atom. The second kappa shape index (κ2) is 4.28. The molecule has 1 unspecified atom stereocenters. The zero-order valence-corrected chi connectivity index (χ0v) is 8.51. The number of hydrogen-bond donors (Lipinski definition) is 2. The topological polar surface area (TPSA) is 53.7 Å². The molecule has 1 rings (SSSR count). The van der Waals surface area contributed by atoms with Crippen molar-refractivity contribution in [3.63, 3.8) is 0 Å². The Morgan fingerprint density at radius 1 is 1.46 bits per heavy atom. The van der Waals surface area contributed by atoms with Gasteiger partial charge >= 0.3 is 0 Å². The lowest BCUT2D eigenvalue weighted by Gasteiger charge is -2.10. The van der Waals surface area contributed by atoms with Crippen LogP contribution in [0, 0.1) is 6.92 Å². The van der Waals surface area contributed by atoms with Gasteiger partial charge in [0.1, 0.15) is 6.04 Å². The molecule has 0 aliphatic carbocycles. The van der Waals surface area contributed by atoms with Crippen molar-refractivity contribution in [1.29, 1.82) is 0 Å². The van der Waals surface area contributed by atoms with Gasteiger partial charge in [-0.3, -0.25) is 0 Å². The van der Waals surface area contributed by atoms with Crippen LogP contribution in [-0.4, -0.2) is 0 Å². The lowest BCUT2D eigenvalue weighted by Crippen LogP contribution is -2.53. The number of nitrogens with two attached hydrogens (primary N) is 1. The molecule has 5 N–H and O–H groups in total. The number of aryl methyl sites for hydroxylation is 1. The summed E-state index contributed by atoms with van der Waals surface area (Å²) in [5.41, 5.74) is 13.3. The summed E-state index contributed by atoms with van der Waals surface area (Å²) >= 11 is 0. The molecule has 0 aromatic heterocycles. The molecule has 1 aromatic carbocycles. The first kappa shape index (κ1) is 10.1. The van der Waals surface area contributed by atoms with Crippen molar-refractivity contribution in [1.82, 2.24) is 0 Å². The molecule has 0 saturated heterocycles. The van der Waals surface area contributed by atoms with Crippen molar-refractivity contribution in [2.24, 2.45) is 0 Å². The van der Waals surface area contributed by atoms with Gasteiger partial charge in [-0.25, -0.2) is 0 Å². The zero-order valence-electron chi connectivity index (χ0n) is 8.51. The van der Waals surface area contributed by atoms with Crippen molar-refractivity contribution < 1.29 is 5.73 Å². The molecule has 0 aliphatic heterocycles. The molecule has 0 spiro atoms. The Hall–Kier alpha value is -1.02. The Bertz CT molecular complexity index is 281. The molecule has 1 atom stereocenters. The highest BCUT2D eigenvalue weighted by Crippen LogP contribution is 2.20. The van der Waals surface area contributed by atoms with Crippen molar-refractivity contribution in [2.45, 2.75) is 32.7 Å². The van der Waals surface area contributed by atoms with Crippen LogP contribution in [-0.2, 0) is 0 Å². The summed E-state index contributed by atoms with van der Waals surface area (Å²) in [4.78, 5) is 0. The first-order valence-corrected chi connectivity index (χ1v) is 4.84. The lowest BCUT2D eigenvalue weighted by molar-refractivity contribution is -0.428. The molecular formula is C11H19N2+. The molecule has 0 aliphatic rings. The predicted molar refractivity (Wildman–Crippen MR) is 56.1 cm³/mol. The van der Waals surface area contributed by atoms with E-state index in [0.717, 1.165) is 12.1 Å². The summed E-state index contributed by atoms with van der Waals surface area (Å²) in [7, 11) is 0. The summed E-state index contributed by atoms with van der Waals surface area (Å²) in [6.07, 6.45) is 2.32. The first-order chi connectivity index (χ1) is 6.15. The number of benzene rings is 1. The Morgan fingerprint density at radius 2 is 2.15 bits per heavy atom. The third-order valence-corrected chi connectivity index (χ3v) is 2.37. The zero-order chi connectivity index (χ0) is 9.84. The number of rotatable bonds is 3. The van der Waals surface area contributed by atoms with Crippen LogP contribution < -0.4 is 11.5 Å². The van der Waals surface area contributed by atoms with E-state index in [0.29, 0.717) is 6.04 Å². The fourth-order valence-corrected chi connectivity index (χ4v) is 1.66. The van der Waals surface area contributed by atoms with E-state index in [2.05, 4.69) is 25.6 Å². The first-order valence-electron chi connectivity index (χ1n) is 4.84. The van der Waals surface area contributed by atoms with Crippen molar-refractivity contribution in [3.8, 4) is 0 Å². The second-order valence-electron chi connectivity index (χ2n) is 3.60. The van der Waals surface area contributed by atoms with E-state index in [1.165, 1.54) is 17.5 Å². The van der Waals surface area contributed by atoms with E-state index in [1.54, 1.807) is 0 Å². The fraction of sp³-hybridized carbons (Fsp3) is 0.455. The Labute approximate surface area is 79.9 Å². The highest BCUT2D eigenvalue weighted by molar-refractivity contribution is 5.44. The van der Waals surface area contributed by atoms with Crippen LogP contribution in [0.2, 0.25) is 0 Å². The standard InChI is InChI=1S/C11H18N2/c1-3-4-11(13)10-6-5-9(12)7-8(10)2/h5-7,11H,3-4,12-13H2,1-2H3/p+1. The maximum absolute atomic E-state index is 5.68. The summed E-state index contributed by atoms with van der Waals surface area (Å²) in [6, 6.07) is 6.47. The van der Waals surface area contributed by atoms with E-state index in [1.807, 2.05) is 12.1 Å². The van der Waals surface area contributed by atoms with E-state index in [-0.39, 0.29) is 0 Å². The van der Waals surface area contributed by atoms with Crippen LogP contribution >= 0.6 is 0 Å². The Balaban J connectivity index is 2.88. The minimum absolute atomic E-state index is 0.408. The molecule has 0 radical (unpaired) electrons. The van der Waals surface area contributed by atoms with Gasteiger partial charge in [0.25, 0.3) is 0 Å². The van der Waals surface area contributed by atoms with Gasteiger partial charge in [0.2, 0.25) is 0 Å². The number of anilines is 1. The van der Waals surface area contributed by atoms with Crippen LogP contribution in [0.4, 0.5) is 5.69 Å². The molecule has 0 amide bonds. The fourth-order valence-electron chi connectivity index (χ4n) is 1.66. The number of quaternary nitrogens is 1. The van der Waals surface area contributed by atoms with Gasteiger partial charge in [0.15, 0.2) is 0 Å². The highest BCUT2D eigenvalue weighted by Gasteiger charge is 2.10. The summed E-state index contributed by atoms with van der Waals surface area (Å²) in [6.45, 7) is 4.28. The van der Waals surface area contributed by atoms with Crippen LogP contribution in [0.3, 0.4) is 0 Å². The van der Waals surface area contributed by atoms with Gasteiger partial charge in [-0.1, -0.05) is 19.4 Å². The SMILES string of the molecule is CCCC([NH3+])c1ccc(N)cc1C. The van der Waals surface area contributed by atoms with E-state index >= 15 is 0 Å². The average molecular weight is 179 g/mol. The molecule has 0 saturated carbocycles. The van der Waals surface area contributed by atoms with E-state index < -0.39 is 0 Å². The minimum atomic E-state index is 0.408. The van der Waals surface area contributed by atoms with Gasteiger partial charge in [0.05, 0.1) is 0 Å². The van der Waals surface area contributed by atoms with Gasteiger partial charge in [0, 0.05) is 17.7 Å². The predicted octanol–water partition coefficient (Wildman–Crippen LogP) is 1.66. The summed E-state index contributed by atoms with van der Waals surface area (Å²) in [5, 5.41) is 0. The average Bonchev–Trinajstić information content (AvgIpc) is 2.04.